The van der Waals surface area contributed by atoms with E-state index in [0.717, 1.165) is 35.2 Å². The number of carbonyl (C=O) groups is 1. The normalized spacial score (nSPS) is 20.0. The lowest BCUT2D eigenvalue weighted by Gasteiger charge is -2.23. The van der Waals surface area contributed by atoms with Gasteiger partial charge in [-0.3, -0.25) is 4.99 Å². The molecule has 226 valence electrons. The van der Waals surface area contributed by atoms with E-state index in [-0.39, 0.29) is 11.8 Å². The van der Waals surface area contributed by atoms with Crippen molar-refractivity contribution in [3.8, 4) is 11.5 Å². The Bertz CT molecular complexity index is 1440. The molecule has 7 nitrogen and oxygen atoms in total. The minimum absolute atomic E-state index is 0.0230. The molecular weight excluding hydrogens is 558 g/mol. The number of carboxylic acids is 1. The largest absolute Gasteiger partial charge is 0.492 e. The SMILES string of the molecule is Cc1ccccc1NC(=S)N1CC2C(C=NCCOc3ccc(C[C@H](Oc4ccc(C(C)(C)C)cc4)C(=O)O)cc3)C2C1. The van der Waals surface area contributed by atoms with Crippen LogP contribution in [-0.4, -0.2) is 59.6 Å². The number of aliphatic imine (C=N–C) groups is 1. The maximum absolute atomic E-state index is 11.9. The van der Waals surface area contributed by atoms with Crippen LogP contribution in [0.25, 0.3) is 0 Å². The van der Waals surface area contributed by atoms with Gasteiger partial charge in [0, 0.05) is 37.3 Å². The van der Waals surface area contributed by atoms with E-state index in [1.54, 1.807) is 0 Å². The van der Waals surface area contributed by atoms with E-state index >= 15 is 0 Å². The molecule has 0 aromatic heterocycles. The third-order valence-electron chi connectivity index (χ3n) is 8.32. The van der Waals surface area contributed by atoms with Gasteiger partial charge in [-0.05, 0) is 83.4 Å². The van der Waals surface area contributed by atoms with Gasteiger partial charge in [-0.1, -0.05) is 63.2 Å². The van der Waals surface area contributed by atoms with Crippen molar-refractivity contribution in [2.75, 3.05) is 31.6 Å². The van der Waals surface area contributed by atoms with Crippen molar-refractivity contribution in [3.05, 3.63) is 89.5 Å². The fraction of sp³-hybridized carbons (Fsp3) is 0.400. The van der Waals surface area contributed by atoms with E-state index in [9.17, 15) is 9.90 Å². The van der Waals surface area contributed by atoms with Crippen LogP contribution in [0, 0.1) is 24.7 Å². The van der Waals surface area contributed by atoms with Gasteiger partial charge in [0.15, 0.2) is 11.2 Å². The van der Waals surface area contributed by atoms with Gasteiger partial charge in [-0.15, -0.1) is 0 Å². The molecule has 5 rings (SSSR count). The van der Waals surface area contributed by atoms with Gasteiger partial charge in [0.1, 0.15) is 18.1 Å². The molecule has 43 heavy (non-hydrogen) atoms. The molecule has 2 fully saturated rings. The number of benzene rings is 3. The average Bonchev–Trinajstić information content (AvgIpc) is 3.41. The number of anilines is 1. The Morgan fingerprint density at radius 3 is 2.33 bits per heavy atom. The summed E-state index contributed by atoms with van der Waals surface area (Å²) in [6.45, 7) is 11.5. The highest BCUT2D eigenvalue weighted by atomic mass is 32.1. The standard InChI is InChI=1S/C35H41N3O4S/c1-23-7-5-6-8-31(23)37-34(43)38-21-29-28(30(29)22-38)20-36-17-18-41-26-13-9-24(10-14-26)19-32(33(39)40)42-27-15-11-25(12-16-27)35(2,3)4/h5-16,20,28-30,32H,17-19,21-22H2,1-4H3,(H,37,43)(H,39,40)/t28?,29?,30?,32-/m0/s1. The minimum Gasteiger partial charge on any atom is -0.492 e. The molecule has 1 saturated carbocycles. The summed E-state index contributed by atoms with van der Waals surface area (Å²) in [4.78, 5) is 18.8. The van der Waals surface area contributed by atoms with Crippen LogP contribution in [0.3, 0.4) is 0 Å². The lowest BCUT2D eigenvalue weighted by atomic mass is 9.87. The van der Waals surface area contributed by atoms with E-state index < -0.39 is 12.1 Å². The second kappa shape index (κ2) is 13.2. The Kier molecular flexibility index (Phi) is 9.35. The minimum atomic E-state index is -0.993. The number of nitrogens with zero attached hydrogens (tertiary/aromatic N) is 2. The van der Waals surface area contributed by atoms with Crippen molar-refractivity contribution in [2.45, 2.75) is 45.6 Å². The second-order valence-corrected chi connectivity index (χ2v) is 12.9. The third-order valence-corrected chi connectivity index (χ3v) is 8.68. The highest BCUT2D eigenvalue weighted by Gasteiger charge is 2.55. The Morgan fingerprint density at radius 2 is 1.70 bits per heavy atom. The number of thiocarbonyl (C=S) groups is 1. The molecule has 3 aromatic rings. The zero-order chi connectivity index (χ0) is 30.6. The summed E-state index contributed by atoms with van der Waals surface area (Å²) in [5.74, 6) is 2.06. The Balaban J connectivity index is 1.01. The molecule has 1 saturated heterocycles. The molecule has 1 aliphatic carbocycles. The average molecular weight is 600 g/mol. The van der Waals surface area contributed by atoms with Crippen LogP contribution < -0.4 is 14.8 Å². The smallest absolute Gasteiger partial charge is 0.345 e. The van der Waals surface area contributed by atoms with Gasteiger partial charge in [0.05, 0.1) is 6.54 Å². The first-order chi connectivity index (χ1) is 20.6. The van der Waals surface area contributed by atoms with Crippen molar-refractivity contribution < 1.29 is 19.4 Å². The van der Waals surface area contributed by atoms with Crippen LogP contribution in [0.15, 0.2) is 77.8 Å². The Labute approximate surface area is 259 Å². The van der Waals surface area contributed by atoms with Gasteiger partial charge >= 0.3 is 5.97 Å². The molecule has 2 unspecified atom stereocenters. The number of para-hydroxylation sites is 1. The summed E-state index contributed by atoms with van der Waals surface area (Å²) in [7, 11) is 0. The molecule has 0 amide bonds. The number of hydrogen-bond donors (Lipinski definition) is 2. The third kappa shape index (κ3) is 7.93. The number of nitrogens with one attached hydrogen (secondary N) is 1. The fourth-order valence-corrected chi connectivity index (χ4v) is 5.85. The quantitative estimate of drug-likeness (QED) is 0.150. The van der Waals surface area contributed by atoms with Gasteiger partial charge in [-0.2, -0.15) is 0 Å². The molecular formula is C35H41N3O4S. The topological polar surface area (TPSA) is 83.4 Å². The van der Waals surface area contributed by atoms with Crippen LogP contribution in [0.2, 0.25) is 0 Å². The van der Waals surface area contributed by atoms with Crippen LogP contribution in [0.1, 0.15) is 37.5 Å². The van der Waals surface area contributed by atoms with Gasteiger partial charge in [0.25, 0.3) is 0 Å². The van der Waals surface area contributed by atoms with Crippen molar-refractivity contribution in [3.63, 3.8) is 0 Å². The van der Waals surface area contributed by atoms with Gasteiger partial charge in [-0.25, -0.2) is 4.79 Å². The number of carboxylic acid groups (broad SMARTS) is 1. The van der Waals surface area contributed by atoms with E-state index in [0.29, 0.717) is 36.7 Å². The highest BCUT2D eigenvalue weighted by molar-refractivity contribution is 7.80. The van der Waals surface area contributed by atoms with Gasteiger partial charge < -0.3 is 24.8 Å². The number of piperidine rings is 1. The van der Waals surface area contributed by atoms with E-state index in [4.69, 9.17) is 21.7 Å². The Morgan fingerprint density at radius 1 is 1.05 bits per heavy atom. The number of likely N-dealkylation sites (tertiary alicyclic amines) is 1. The first-order valence-corrected chi connectivity index (χ1v) is 15.3. The van der Waals surface area contributed by atoms with Crippen molar-refractivity contribution >= 4 is 35.2 Å². The lowest BCUT2D eigenvalue weighted by molar-refractivity contribution is -0.145. The summed E-state index contributed by atoms with van der Waals surface area (Å²) in [5.41, 5.74) is 4.31. The molecule has 1 heterocycles. The summed E-state index contributed by atoms with van der Waals surface area (Å²) < 4.78 is 11.7. The molecule has 2 aliphatic rings. The molecule has 0 spiro atoms. The molecule has 0 radical (unpaired) electrons. The molecule has 3 atom stereocenters. The molecule has 3 aromatic carbocycles. The maximum atomic E-state index is 11.9. The number of ether oxygens (including phenoxy) is 2. The number of fused-ring (bicyclic) bond motifs is 1. The van der Waals surface area contributed by atoms with Crippen molar-refractivity contribution in [1.82, 2.24) is 4.90 Å². The van der Waals surface area contributed by atoms with E-state index in [1.807, 2.05) is 60.7 Å². The van der Waals surface area contributed by atoms with Crippen molar-refractivity contribution in [1.29, 1.82) is 0 Å². The summed E-state index contributed by atoms with van der Waals surface area (Å²) >= 11 is 5.65. The molecule has 1 aliphatic heterocycles. The van der Waals surface area contributed by atoms with Crippen LogP contribution in [-0.2, 0) is 16.6 Å². The first kappa shape index (κ1) is 30.5. The number of aryl methyl sites for hydroxylation is 1. The lowest BCUT2D eigenvalue weighted by Crippen LogP contribution is -2.35. The summed E-state index contributed by atoms with van der Waals surface area (Å²) in [5, 5.41) is 13.9. The van der Waals surface area contributed by atoms with E-state index in [1.165, 1.54) is 11.1 Å². The summed E-state index contributed by atoms with van der Waals surface area (Å²) in [6.07, 6.45) is 1.38. The predicted molar refractivity (Wildman–Crippen MR) is 176 cm³/mol. The van der Waals surface area contributed by atoms with Crippen LogP contribution >= 0.6 is 12.2 Å². The highest BCUT2D eigenvalue weighted by Crippen LogP contribution is 2.50. The number of aliphatic carboxylic acids is 1. The molecule has 2 N–H and O–H groups in total. The zero-order valence-corrected chi connectivity index (χ0v) is 26.1. The Hall–Kier alpha value is -3.91. The number of rotatable bonds is 11. The van der Waals surface area contributed by atoms with Gasteiger partial charge in [0.2, 0.25) is 0 Å². The second-order valence-electron chi connectivity index (χ2n) is 12.5. The summed E-state index contributed by atoms with van der Waals surface area (Å²) in [6, 6.07) is 23.3. The first-order valence-electron chi connectivity index (χ1n) is 14.9. The van der Waals surface area contributed by atoms with Crippen LogP contribution in [0.5, 0.6) is 11.5 Å². The molecule has 0 bridgehead atoms. The number of hydrogen-bond acceptors (Lipinski definition) is 5. The fourth-order valence-electron chi connectivity index (χ4n) is 5.59. The maximum Gasteiger partial charge on any atom is 0.345 e. The molecule has 8 heteroatoms. The van der Waals surface area contributed by atoms with E-state index in [2.05, 4.69) is 61.3 Å². The zero-order valence-electron chi connectivity index (χ0n) is 25.3. The van der Waals surface area contributed by atoms with Crippen LogP contribution in [0.4, 0.5) is 5.69 Å². The monoisotopic (exact) mass is 599 g/mol. The predicted octanol–water partition coefficient (Wildman–Crippen LogP) is 6.39. The van der Waals surface area contributed by atoms with Crippen molar-refractivity contribution in [2.24, 2.45) is 22.7 Å².